The van der Waals surface area contributed by atoms with E-state index < -0.39 is 12.1 Å². The summed E-state index contributed by atoms with van der Waals surface area (Å²) >= 11 is 0. The Morgan fingerprint density at radius 3 is 2.50 bits per heavy atom. The van der Waals surface area contributed by atoms with Crippen LogP contribution < -0.4 is 10.1 Å². The van der Waals surface area contributed by atoms with Crippen LogP contribution in [0.2, 0.25) is 0 Å². The van der Waals surface area contributed by atoms with Gasteiger partial charge in [-0.25, -0.2) is 0 Å². The molecule has 0 aromatic heterocycles. The van der Waals surface area contributed by atoms with Crippen LogP contribution in [0.1, 0.15) is 45.1 Å². The van der Waals surface area contributed by atoms with Gasteiger partial charge < -0.3 is 14.8 Å². The molecule has 1 aromatic rings. The molecule has 3 atom stereocenters. The van der Waals surface area contributed by atoms with E-state index in [1.165, 1.54) is 6.42 Å². The molecule has 0 saturated heterocycles. The average Bonchev–Trinajstić information content (AvgIpc) is 2.57. The SMILES string of the molecule is COc1ccc(CC(=O)O[C@H](C)C(=O)N[C@H]2CCCC[C@H]2C)cc1. The van der Waals surface area contributed by atoms with Gasteiger partial charge in [-0.3, -0.25) is 9.59 Å². The van der Waals surface area contributed by atoms with Crippen molar-refractivity contribution in [1.29, 1.82) is 0 Å². The Morgan fingerprint density at radius 1 is 1.21 bits per heavy atom. The first kappa shape index (κ1) is 18.3. The number of ether oxygens (including phenoxy) is 2. The summed E-state index contributed by atoms with van der Waals surface area (Å²) < 4.78 is 10.3. The summed E-state index contributed by atoms with van der Waals surface area (Å²) in [6.45, 7) is 3.78. The van der Waals surface area contributed by atoms with E-state index >= 15 is 0 Å². The van der Waals surface area contributed by atoms with E-state index in [1.54, 1.807) is 26.2 Å². The van der Waals surface area contributed by atoms with E-state index in [0.717, 1.165) is 30.6 Å². The maximum atomic E-state index is 12.2. The van der Waals surface area contributed by atoms with Gasteiger partial charge in [0.25, 0.3) is 5.91 Å². The summed E-state index contributed by atoms with van der Waals surface area (Å²) in [4.78, 5) is 24.2. The Hall–Kier alpha value is -2.04. The highest BCUT2D eigenvalue weighted by molar-refractivity contribution is 5.84. The Kier molecular flexibility index (Phi) is 6.64. The number of rotatable bonds is 6. The van der Waals surface area contributed by atoms with Crippen LogP contribution in [0.25, 0.3) is 0 Å². The summed E-state index contributed by atoms with van der Waals surface area (Å²) in [5.74, 6) is 0.600. The van der Waals surface area contributed by atoms with E-state index in [1.807, 2.05) is 12.1 Å². The van der Waals surface area contributed by atoms with Crippen LogP contribution in [0.5, 0.6) is 5.75 Å². The van der Waals surface area contributed by atoms with Crippen molar-refractivity contribution in [2.24, 2.45) is 5.92 Å². The minimum absolute atomic E-state index is 0.140. The van der Waals surface area contributed by atoms with Crippen molar-refractivity contribution >= 4 is 11.9 Å². The molecule has 0 spiro atoms. The van der Waals surface area contributed by atoms with Crippen molar-refractivity contribution in [1.82, 2.24) is 5.32 Å². The largest absolute Gasteiger partial charge is 0.497 e. The molecule has 1 aliphatic carbocycles. The predicted molar refractivity (Wildman–Crippen MR) is 91.8 cm³/mol. The quantitative estimate of drug-likeness (QED) is 0.813. The average molecular weight is 333 g/mol. The second-order valence-corrected chi connectivity index (χ2v) is 6.53. The van der Waals surface area contributed by atoms with Gasteiger partial charge in [-0.05, 0) is 43.4 Å². The third kappa shape index (κ3) is 5.25. The number of hydrogen-bond donors (Lipinski definition) is 1. The lowest BCUT2D eigenvalue weighted by Gasteiger charge is -2.30. The zero-order valence-electron chi connectivity index (χ0n) is 14.7. The van der Waals surface area contributed by atoms with Crippen molar-refractivity contribution in [2.75, 3.05) is 7.11 Å². The highest BCUT2D eigenvalue weighted by Crippen LogP contribution is 2.23. The maximum Gasteiger partial charge on any atom is 0.311 e. The smallest absolute Gasteiger partial charge is 0.311 e. The summed E-state index contributed by atoms with van der Waals surface area (Å²) in [6, 6.07) is 7.41. The van der Waals surface area contributed by atoms with E-state index in [4.69, 9.17) is 9.47 Å². The Morgan fingerprint density at radius 2 is 1.88 bits per heavy atom. The van der Waals surface area contributed by atoms with Gasteiger partial charge in [0, 0.05) is 6.04 Å². The molecule has 0 unspecified atom stereocenters. The van der Waals surface area contributed by atoms with Crippen LogP contribution in [0, 0.1) is 5.92 Å². The van der Waals surface area contributed by atoms with Crippen LogP contribution in [-0.4, -0.2) is 31.1 Å². The number of nitrogens with one attached hydrogen (secondary N) is 1. The Bertz CT molecular complexity index is 555. The predicted octanol–water partition coefficient (Wildman–Crippen LogP) is 2.86. The molecule has 5 nitrogen and oxygen atoms in total. The lowest BCUT2D eigenvalue weighted by atomic mass is 9.86. The van der Waals surface area contributed by atoms with Gasteiger partial charge >= 0.3 is 5.97 Å². The number of carbonyl (C=O) groups excluding carboxylic acids is 2. The van der Waals surface area contributed by atoms with Crippen molar-refractivity contribution in [3.05, 3.63) is 29.8 Å². The van der Waals surface area contributed by atoms with Crippen LogP contribution in [0.4, 0.5) is 0 Å². The molecule has 1 fully saturated rings. The van der Waals surface area contributed by atoms with Gasteiger partial charge in [-0.2, -0.15) is 0 Å². The van der Waals surface area contributed by atoms with Crippen LogP contribution in [0.15, 0.2) is 24.3 Å². The Balaban J connectivity index is 1.80. The molecule has 1 aromatic carbocycles. The van der Waals surface area contributed by atoms with Gasteiger partial charge in [0.15, 0.2) is 6.10 Å². The molecule has 24 heavy (non-hydrogen) atoms. The van der Waals surface area contributed by atoms with Gasteiger partial charge in [0.05, 0.1) is 13.5 Å². The minimum atomic E-state index is -0.773. The fraction of sp³-hybridized carbons (Fsp3) is 0.579. The van der Waals surface area contributed by atoms with E-state index in [-0.39, 0.29) is 18.4 Å². The van der Waals surface area contributed by atoms with Crippen LogP contribution >= 0.6 is 0 Å². The highest BCUT2D eigenvalue weighted by atomic mass is 16.5. The second-order valence-electron chi connectivity index (χ2n) is 6.53. The molecular formula is C19H27NO4. The van der Waals surface area contributed by atoms with Crippen molar-refractivity contribution < 1.29 is 19.1 Å². The first-order valence-corrected chi connectivity index (χ1v) is 8.62. The van der Waals surface area contributed by atoms with Crippen LogP contribution in [-0.2, 0) is 20.7 Å². The number of amides is 1. The van der Waals surface area contributed by atoms with Crippen LogP contribution in [0.3, 0.4) is 0 Å². The van der Waals surface area contributed by atoms with E-state index in [9.17, 15) is 9.59 Å². The van der Waals surface area contributed by atoms with Gasteiger partial charge in [-0.15, -0.1) is 0 Å². The Labute approximate surface area is 143 Å². The van der Waals surface area contributed by atoms with E-state index in [0.29, 0.717) is 5.92 Å². The molecule has 2 rings (SSSR count). The molecule has 0 aliphatic heterocycles. The summed E-state index contributed by atoms with van der Waals surface area (Å²) in [5, 5.41) is 3.02. The third-order valence-electron chi connectivity index (χ3n) is 4.62. The fourth-order valence-electron chi connectivity index (χ4n) is 3.03. The molecule has 0 heterocycles. The number of methoxy groups -OCH3 is 1. The van der Waals surface area contributed by atoms with Crippen molar-refractivity contribution in [3.8, 4) is 5.75 Å². The molecule has 1 amide bonds. The monoisotopic (exact) mass is 333 g/mol. The first-order chi connectivity index (χ1) is 11.5. The zero-order chi connectivity index (χ0) is 17.5. The number of hydrogen-bond acceptors (Lipinski definition) is 4. The molecule has 1 aliphatic rings. The van der Waals surface area contributed by atoms with Crippen molar-refractivity contribution in [2.45, 2.75) is 58.1 Å². The molecule has 1 N–H and O–H groups in total. The zero-order valence-corrected chi connectivity index (χ0v) is 14.7. The standard InChI is InChI=1S/C19H27NO4/c1-13-6-4-5-7-17(13)20-19(22)14(2)24-18(21)12-15-8-10-16(23-3)11-9-15/h8-11,13-14,17H,4-7,12H2,1-3H3,(H,20,22)/t13-,14-,17+/m1/s1. The maximum absolute atomic E-state index is 12.2. The summed E-state index contributed by atoms with van der Waals surface area (Å²) in [6.07, 6.45) is 3.86. The number of benzene rings is 1. The summed E-state index contributed by atoms with van der Waals surface area (Å²) in [5.41, 5.74) is 0.828. The minimum Gasteiger partial charge on any atom is -0.497 e. The molecule has 0 radical (unpaired) electrons. The van der Waals surface area contributed by atoms with E-state index in [2.05, 4.69) is 12.2 Å². The number of esters is 1. The van der Waals surface area contributed by atoms with Gasteiger partial charge in [0.2, 0.25) is 0 Å². The lowest BCUT2D eigenvalue weighted by molar-refractivity contribution is -0.154. The lowest BCUT2D eigenvalue weighted by Crippen LogP contribution is -2.46. The highest BCUT2D eigenvalue weighted by Gasteiger charge is 2.26. The third-order valence-corrected chi connectivity index (χ3v) is 4.62. The molecule has 132 valence electrons. The fourth-order valence-corrected chi connectivity index (χ4v) is 3.03. The van der Waals surface area contributed by atoms with Gasteiger partial charge in [-0.1, -0.05) is 31.9 Å². The molecule has 0 bridgehead atoms. The summed E-state index contributed by atoms with van der Waals surface area (Å²) in [7, 11) is 1.59. The first-order valence-electron chi connectivity index (χ1n) is 8.62. The normalized spacial score (nSPS) is 21.6. The molecule has 1 saturated carbocycles. The topological polar surface area (TPSA) is 64.6 Å². The number of carbonyl (C=O) groups is 2. The van der Waals surface area contributed by atoms with Crippen molar-refractivity contribution in [3.63, 3.8) is 0 Å². The van der Waals surface area contributed by atoms with Gasteiger partial charge in [0.1, 0.15) is 5.75 Å². The second kappa shape index (κ2) is 8.71. The molecule has 5 heteroatoms. The molecular weight excluding hydrogens is 306 g/mol.